The van der Waals surface area contributed by atoms with Crippen molar-refractivity contribution in [3.63, 3.8) is 0 Å². The fraction of sp³-hybridized carbons (Fsp3) is 0.364. The van der Waals surface area contributed by atoms with E-state index in [0.717, 1.165) is 18.4 Å². The molecule has 0 amide bonds. The van der Waals surface area contributed by atoms with Crippen LogP contribution in [0.15, 0.2) is 36.9 Å². The summed E-state index contributed by atoms with van der Waals surface area (Å²) >= 11 is 0. The molecule has 0 saturated heterocycles. The van der Waals surface area contributed by atoms with Crippen LogP contribution in [0, 0.1) is 6.92 Å². The van der Waals surface area contributed by atoms with Crippen LogP contribution in [0.2, 0.25) is 0 Å². The Hall–Kier alpha value is -1.82. The third-order valence-electron chi connectivity index (χ3n) is 3.83. The van der Waals surface area contributed by atoms with Gasteiger partial charge in [0, 0.05) is 0 Å². The van der Waals surface area contributed by atoms with Crippen molar-refractivity contribution in [3.8, 4) is 0 Å². The van der Waals surface area contributed by atoms with E-state index in [1.165, 1.54) is 33.0 Å². The highest BCUT2D eigenvalue weighted by atomic mass is 14.2. The summed E-state index contributed by atoms with van der Waals surface area (Å²) in [6, 6.07) is 9.03. The van der Waals surface area contributed by atoms with Crippen LogP contribution in [0.25, 0.3) is 22.4 Å². The predicted molar refractivity (Wildman–Crippen MR) is 103 cm³/mol. The van der Waals surface area contributed by atoms with Crippen LogP contribution in [0.3, 0.4) is 0 Å². The first-order valence-corrected chi connectivity index (χ1v) is 8.56. The molecule has 2 aromatic carbocycles. The number of hydrogen-bond acceptors (Lipinski definition) is 0. The molecule has 0 atom stereocenters. The molecule has 0 fully saturated rings. The summed E-state index contributed by atoms with van der Waals surface area (Å²) in [6.07, 6.45) is 6.89. The van der Waals surface area contributed by atoms with Crippen molar-refractivity contribution in [2.75, 3.05) is 0 Å². The zero-order chi connectivity index (χ0) is 16.7. The maximum absolute atomic E-state index is 4.13. The van der Waals surface area contributed by atoms with Crippen LogP contribution in [-0.2, 0) is 6.42 Å². The first kappa shape index (κ1) is 18.2. The number of rotatable bonds is 1. The summed E-state index contributed by atoms with van der Waals surface area (Å²) in [5.41, 5.74) is 6.66. The largest absolute Gasteiger partial charge is 0.0955 e. The number of benzene rings is 2. The van der Waals surface area contributed by atoms with Gasteiger partial charge in [-0.25, -0.2) is 0 Å². The summed E-state index contributed by atoms with van der Waals surface area (Å²) in [5, 5.41) is 2.71. The van der Waals surface area contributed by atoms with E-state index < -0.39 is 0 Å². The molecule has 0 nitrogen and oxygen atoms in total. The van der Waals surface area contributed by atoms with Gasteiger partial charge in [-0.3, -0.25) is 0 Å². The lowest BCUT2D eigenvalue weighted by molar-refractivity contribution is 0.990. The smallest absolute Gasteiger partial charge is 0.0100 e. The van der Waals surface area contributed by atoms with Gasteiger partial charge in [0.25, 0.3) is 0 Å². The number of aryl methyl sites for hydroxylation is 2. The van der Waals surface area contributed by atoms with Crippen molar-refractivity contribution in [3.05, 3.63) is 59.2 Å². The molecule has 1 aliphatic rings. The molecule has 0 spiro atoms. The van der Waals surface area contributed by atoms with Crippen molar-refractivity contribution in [1.82, 2.24) is 0 Å². The SMILES string of the molecule is C=C(C)c1c(C)ccc2c3c(ccc12)CCC=C3.CC.CC. The fourth-order valence-corrected chi connectivity index (χ4v) is 3.00. The van der Waals surface area contributed by atoms with Crippen LogP contribution < -0.4 is 0 Å². The molecule has 0 saturated carbocycles. The van der Waals surface area contributed by atoms with Crippen LogP contribution in [0.1, 0.15) is 63.3 Å². The normalized spacial score (nSPS) is 11.7. The molecule has 118 valence electrons. The maximum atomic E-state index is 4.13. The second kappa shape index (κ2) is 8.58. The monoisotopic (exact) mass is 294 g/mol. The summed E-state index contributed by atoms with van der Waals surface area (Å²) in [6.45, 7) is 16.4. The minimum Gasteiger partial charge on any atom is -0.0955 e. The van der Waals surface area contributed by atoms with Crippen molar-refractivity contribution in [1.29, 1.82) is 0 Å². The van der Waals surface area contributed by atoms with Gasteiger partial charge in [-0.15, -0.1) is 0 Å². The molecule has 0 N–H and O–H groups in total. The lowest BCUT2D eigenvalue weighted by Gasteiger charge is -2.17. The summed E-state index contributed by atoms with van der Waals surface area (Å²) in [5.74, 6) is 0. The van der Waals surface area contributed by atoms with Crippen molar-refractivity contribution in [2.24, 2.45) is 0 Å². The Kier molecular flexibility index (Phi) is 7.11. The Balaban J connectivity index is 0.000000561. The van der Waals surface area contributed by atoms with Crippen LogP contribution >= 0.6 is 0 Å². The maximum Gasteiger partial charge on any atom is -0.0100 e. The standard InChI is InChI=1S/C18H18.2C2H6/c1-12(2)18-13(3)8-10-16-15-7-5-4-6-14(15)9-11-17(16)18;2*1-2/h5,7-11H,1,4,6H2,2-3H3;2*1-2H3. The van der Waals surface area contributed by atoms with Crippen molar-refractivity contribution >= 4 is 22.4 Å². The lowest BCUT2D eigenvalue weighted by atomic mass is 9.88. The first-order chi connectivity index (χ1) is 10.7. The third-order valence-corrected chi connectivity index (χ3v) is 3.83. The molecule has 1 aliphatic carbocycles. The molecular formula is C22H30. The van der Waals surface area contributed by atoms with Gasteiger partial charge in [0.05, 0.1) is 0 Å². The molecule has 0 unspecified atom stereocenters. The lowest BCUT2D eigenvalue weighted by Crippen LogP contribution is -1.97. The molecule has 0 heterocycles. The number of allylic oxidation sites excluding steroid dienone is 2. The summed E-state index contributed by atoms with van der Waals surface area (Å²) in [7, 11) is 0. The number of hydrogen-bond donors (Lipinski definition) is 0. The minimum atomic E-state index is 1.15. The van der Waals surface area contributed by atoms with E-state index in [9.17, 15) is 0 Å². The Bertz CT molecular complexity index is 672. The molecule has 3 rings (SSSR count). The van der Waals surface area contributed by atoms with Gasteiger partial charge in [0.1, 0.15) is 0 Å². The second-order valence-electron chi connectivity index (χ2n) is 5.21. The summed E-state index contributed by atoms with van der Waals surface area (Å²) in [4.78, 5) is 0. The summed E-state index contributed by atoms with van der Waals surface area (Å²) < 4.78 is 0. The van der Waals surface area contributed by atoms with E-state index in [0.29, 0.717) is 0 Å². The molecule has 22 heavy (non-hydrogen) atoms. The molecular weight excluding hydrogens is 264 g/mol. The van der Waals surface area contributed by atoms with E-state index in [2.05, 4.69) is 56.8 Å². The average molecular weight is 294 g/mol. The third kappa shape index (κ3) is 3.50. The predicted octanol–water partition coefficient (Wildman–Crippen LogP) is 7.19. The van der Waals surface area contributed by atoms with Gasteiger partial charge >= 0.3 is 0 Å². The number of fused-ring (bicyclic) bond motifs is 3. The Morgan fingerprint density at radius 1 is 0.955 bits per heavy atom. The quantitative estimate of drug-likeness (QED) is 0.522. The molecule has 0 bridgehead atoms. The Morgan fingerprint density at radius 2 is 1.59 bits per heavy atom. The van der Waals surface area contributed by atoms with Crippen molar-refractivity contribution in [2.45, 2.75) is 54.4 Å². The van der Waals surface area contributed by atoms with Gasteiger partial charge in [-0.1, -0.05) is 76.3 Å². The first-order valence-electron chi connectivity index (χ1n) is 8.56. The van der Waals surface area contributed by atoms with Gasteiger partial charge in [-0.2, -0.15) is 0 Å². The van der Waals surface area contributed by atoms with E-state index in [4.69, 9.17) is 0 Å². The molecule has 2 aromatic rings. The van der Waals surface area contributed by atoms with E-state index in [-0.39, 0.29) is 0 Å². The van der Waals surface area contributed by atoms with Gasteiger partial charge in [-0.05, 0) is 59.7 Å². The Morgan fingerprint density at radius 3 is 2.23 bits per heavy atom. The van der Waals surface area contributed by atoms with E-state index >= 15 is 0 Å². The fourth-order valence-electron chi connectivity index (χ4n) is 3.00. The van der Waals surface area contributed by atoms with Gasteiger partial charge in [0.2, 0.25) is 0 Å². The Labute approximate surface area is 136 Å². The minimum absolute atomic E-state index is 1.15. The average Bonchev–Trinajstić information content (AvgIpc) is 2.57. The molecule has 0 aromatic heterocycles. The van der Waals surface area contributed by atoms with E-state index in [1.54, 1.807) is 0 Å². The molecule has 0 aliphatic heterocycles. The topological polar surface area (TPSA) is 0 Å². The highest BCUT2D eigenvalue weighted by molar-refractivity contribution is 6.00. The zero-order valence-electron chi connectivity index (χ0n) is 15.1. The second-order valence-corrected chi connectivity index (χ2v) is 5.21. The van der Waals surface area contributed by atoms with E-state index in [1.807, 2.05) is 27.7 Å². The zero-order valence-corrected chi connectivity index (χ0v) is 15.1. The molecule has 0 heteroatoms. The van der Waals surface area contributed by atoms with Gasteiger partial charge < -0.3 is 0 Å². The van der Waals surface area contributed by atoms with Crippen LogP contribution in [0.4, 0.5) is 0 Å². The van der Waals surface area contributed by atoms with Gasteiger partial charge in [0.15, 0.2) is 0 Å². The van der Waals surface area contributed by atoms with Crippen LogP contribution in [0.5, 0.6) is 0 Å². The highest BCUT2D eigenvalue weighted by Gasteiger charge is 2.12. The van der Waals surface area contributed by atoms with Crippen molar-refractivity contribution < 1.29 is 0 Å². The molecule has 0 radical (unpaired) electrons. The van der Waals surface area contributed by atoms with Crippen LogP contribution in [-0.4, -0.2) is 0 Å². The highest BCUT2D eigenvalue weighted by Crippen LogP contribution is 2.33.